The van der Waals surface area contributed by atoms with Crippen LogP contribution in [0.25, 0.3) is 6.08 Å². The molecule has 0 radical (unpaired) electrons. The smallest absolute Gasteiger partial charge is 0.363 e. The largest absolute Gasteiger partial charge is 0.465 e. The molecule has 2 aromatic rings. The maximum absolute atomic E-state index is 12.0. The monoisotopic (exact) mass is 321 g/mol. The fraction of sp³-hybridized carbons (Fsp3) is 0.105. The van der Waals surface area contributed by atoms with Crippen molar-refractivity contribution in [1.82, 2.24) is 0 Å². The zero-order valence-corrected chi connectivity index (χ0v) is 13.3. The molecule has 0 saturated heterocycles. The van der Waals surface area contributed by atoms with Crippen LogP contribution in [0.2, 0.25) is 0 Å². The molecule has 0 spiro atoms. The molecule has 0 atom stereocenters. The van der Waals surface area contributed by atoms with Crippen molar-refractivity contribution in [2.45, 2.75) is 6.92 Å². The lowest BCUT2D eigenvalue weighted by molar-refractivity contribution is -0.129. The minimum atomic E-state index is -0.497. The Morgan fingerprint density at radius 2 is 1.92 bits per heavy atom. The third-order valence-corrected chi connectivity index (χ3v) is 3.52. The summed E-state index contributed by atoms with van der Waals surface area (Å²) in [5.74, 6) is -0.612. The van der Waals surface area contributed by atoms with Gasteiger partial charge in [-0.15, -0.1) is 0 Å². The van der Waals surface area contributed by atoms with E-state index in [2.05, 4.69) is 9.73 Å². The number of hydrogen-bond donors (Lipinski definition) is 0. The Balaban J connectivity index is 1.87. The van der Waals surface area contributed by atoms with Crippen molar-refractivity contribution in [2.24, 2.45) is 4.99 Å². The van der Waals surface area contributed by atoms with Crippen molar-refractivity contribution < 1.29 is 19.1 Å². The number of aliphatic imine (C=N–C) groups is 1. The Bertz CT molecular complexity index is 863. The second-order valence-electron chi connectivity index (χ2n) is 5.32. The first-order valence-electron chi connectivity index (χ1n) is 7.35. The number of aryl methyl sites for hydroxylation is 1. The first-order valence-corrected chi connectivity index (χ1v) is 7.35. The minimum Gasteiger partial charge on any atom is -0.465 e. The molecule has 5 nitrogen and oxygen atoms in total. The molecule has 2 aromatic carbocycles. The molecule has 1 aliphatic rings. The van der Waals surface area contributed by atoms with Crippen molar-refractivity contribution in [3.63, 3.8) is 0 Å². The maximum atomic E-state index is 12.0. The molecule has 24 heavy (non-hydrogen) atoms. The van der Waals surface area contributed by atoms with Gasteiger partial charge in [0.25, 0.3) is 0 Å². The molecule has 0 unspecified atom stereocenters. The van der Waals surface area contributed by atoms with E-state index in [0.29, 0.717) is 11.5 Å². The molecule has 0 bridgehead atoms. The number of cyclic esters (lactones) is 1. The van der Waals surface area contributed by atoms with E-state index in [-0.39, 0.29) is 5.70 Å². The normalized spacial score (nSPS) is 15.2. The van der Waals surface area contributed by atoms with Gasteiger partial charge in [-0.1, -0.05) is 29.8 Å². The summed E-state index contributed by atoms with van der Waals surface area (Å²) in [5, 5.41) is 0. The molecule has 0 fully saturated rings. The lowest BCUT2D eigenvalue weighted by atomic mass is 10.1. The standard InChI is InChI=1S/C19H15NO4/c1-12-4-3-5-15(10-12)17-20-16(19(22)24-17)11-13-6-8-14(9-7-13)18(21)23-2/h3-11H,1-2H3/b16-11+. The van der Waals surface area contributed by atoms with Gasteiger partial charge >= 0.3 is 11.9 Å². The Labute approximate surface area is 139 Å². The van der Waals surface area contributed by atoms with Gasteiger partial charge in [-0.3, -0.25) is 0 Å². The minimum absolute atomic E-state index is 0.220. The van der Waals surface area contributed by atoms with E-state index in [1.165, 1.54) is 7.11 Å². The quantitative estimate of drug-likeness (QED) is 0.643. The van der Waals surface area contributed by atoms with Gasteiger partial charge in [0.05, 0.1) is 12.7 Å². The first kappa shape index (κ1) is 15.7. The second kappa shape index (κ2) is 6.50. The van der Waals surface area contributed by atoms with Crippen LogP contribution >= 0.6 is 0 Å². The van der Waals surface area contributed by atoms with E-state index in [9.17, 15) is 9.59 Å². The van der Waals surface area contributed by atoms with E-state index in [1.807, 2.05) is 31.2 Å². The average Bonchev–Trinajstić information content (AvgIpc) is 2.96. The van der Waals surface area contributed by atoms with Crippen LogP contribution in [0.15, 0.2) is 59.2 Å². The number of esters is 2. The predicted molar refractivity (Wildman–Crippen MR) is 89.6 cm³/mol. The summed E-state index contributed by atoms with van der Waals surface area (Å²) in [4.78, 5) is 27.7. The van der Waals surface area contributed by atoms with E-state index in [1.54, 1.807) is 30.3 Å². The lowest BCUT2D eigenvalue weighted by Gasteiger charge is -2.00. The fourth-order valence-corrected chi connectivity index (χ4v) is 2.30. The SMILES string of the molecule is COC(=O)c1ccc(/C=C2/N=C(c3cccc(C)c3)OC2=O)cc1. The van der Waals surface area contributed by atoms with Gasteiger partial charge in [0, 0.05) is 5.56 Å². The molecule has 0 aromatic heterocycles. The highest BCUT2D eigenvalue weighted by atomic mass is 16.6. The van der Waals surface area contributed by atoms with Gasteiger partial charge in [0.2, 0.25) is 5.90 Å². The van der Waals surface area contributed by atoms with Crippen LogP contribution in [0.3, 0.4) is 0 Å². The Morgan fingerprint density at radius 3 is 2.58 bits per heavy atom. The molecule has 1 heterocycles. The second-order valence-corrected chi connectivity index (χ2v) is 5.32. The summed E-state index contributed by atoms with van der Waals surface area (Å²) in [7, 11) is 1.33. The van der Waals surface area contributed by atoms with Crippen molar-refractivity contribution in [2.75, 3.05) is 7.11 Å². The number of benzene rings is 2. The summed E-state index contributed by atoms with van der Waals surface area (Å²) < 4.78 is 9.88. The van der Waals surface area contributed by atoms with Crippen molar-refractivity contribution in [3.8, 4) is 0 Å². The third-order valence-electron chi connectivity index (χ3n) is 3.52. The van der Waals surface area contributed by atoms with Crippen LogP contribution < -0.4 is 0 Å². The average molecular weight is 321 g/mol. The van der Waals surface area contributed by atoms with Crippen LogP contribution in [0.4, 0.5) is 0 Å². The van der Waals surface area contributed by atoms with Gasteiger partial charge in [-0.2, -0.15) is 0 Å². The van der Waals surface area contributed by atoms with Gasteiger partial charge in [0.15, 0.2) is 5.70 Å². The number of nitrogens with zero attached hydrogens (tertiary/aromatic N) is 1. The summed E-state index contributed by atoms with van der Waals surface area (Å²) >= 11 is 0. The number of carbonyl (C=O) groups excluding carboxylic acids is 2. The fourth-order valence-electron chi connectivity index (χ4n) is 2.30. The lowest BCUT2D eigenvalue weighted by Crippen LogP contribution is -2.05. The molecule has 3 rings (SSSR count). The van der Waals surface area contributed by atoms with Crippen LogP contribution in [0, 0.1) is 6.92 Å². The topological polar surface area (TPSA) is 65.0 Å². The van der Waals surface area contributed by atoms with Gasteiger partial charge < -0.3 is 9.47 Å². The molecule has 5 heteroatoms. The molecular formula is C19H15NO4. The van der Waals surface area contributed by atoms with Crippen molar-refractivity contribution in [1.29, 1.82) is 0 Å². The number of ether oxygens (including phenoxy) is 2. The van der Waals surface area contributed by atoms with Gasteiger partial charge in [0.1, 0.15) is 0 Å². The predicted octanol–water partition coefficient (Wildman–Crippen LogP) is 3.13. The zero-order chi connectivity index (χ0) is 17.1. The van der Waals surface area contributed by atoms with Gasteiger partial charge in [-0.05, 0) is 42.8 Å². The highest BCUT2D eigenvalue weighted by molar-refractivity contribution is 6.12. The molecule has 0 aliphatic carbocycles. The molecule has 120 valence electrons. The van der Waals surface area contributed by atoms with Crippen molar-refractivity contribution >= 4 is 23.9 Å². The Hall–Kier alpha value is -3.21. The molecular weight excluding hydrogens is 306 g/mol. The van der Waals surface area contributed by atoms with E-state index >= 15 is 0 Å². The highest BCUT2D eigenvalue weighted by Gasteiger charge is 2.24. The summed E-state index contributed by atoms with van der Waals surface area (Å²) in [6, 6.07) is 14.3. The molecule has 0 saturated carbocycles. The van der Waals surface area contributed by atoms with Crippen molar-refractivity contribution in [3.05, 3.63) is 76.5 Å². The number of carbonyl (C=O) groups is 2. The molecule has 0 N–H and O–H groups in total. The van der Waals surface area contributed by atoms with Crippen LogP contribution in [0.5, 0.6) is 0 Å². The summed E-state index contributed by atoms with van der Waals surface area (Å²) in [6.07, 6.45) is 1.62. The Kier molecular flexibility index (Phi) is 4.24. The number of rotatable bonds is 3. The molecule has 1 aliphatic heterocycles. The third kappa shape index (κ3) is 3.25. The highest BCUT2D eigenvalue weighted by Crippen LogP contribution is 2.20. The van der Waals surface area contributed by atoms with Crippen LogP contribution in [0.1, 0.15) is 27.0 Å². The van der Waals surface area contributed by atoms with Crippen LogP contribution in [-0.4, -0.2) is 24.9 Å². The van der Waals surface area contributed by atoms with E-state index in [0.717, 1.165) is 16.7 Å². The summed E-state index contributed by atoms with van der Waals surface area (Å²) in [6.45, 7) is 1.96. The zero-order valence-electron chi connectivity index (χ0n) is 13.3. The maximum Gasteiger partial charge on any atom is 0.363 e. The first-order chi connectivity index (χ1) is 11.6. The Morgan fingerprint density at radius 1 is 1.17 bits per heavy atom. The van der Waals surface area contributed by atoms with Crippen LogP contribution in [-0.2, 0) is 14.3 Å². The number of methoxy groups -OCH3 is 1. The number of hydrogen-bond acceptors (Lipinski definition) is 5. The molecule has 0 amide bonds. The summed E-state index contributed by atoms with van der Waals surface area (Å²) in [5.41, 5.74) is 3.22. The van der Waals surface area contributed by atoms with Gasteiger partial charge in [-0.25, -0.2) is 14.6 Å². The van der Waals surface area contributed by atoms with E-state index in [4.69, 9.17) is 4.74 Å². The van der Waals surface area contributed by atoms with E-state index < -0.39 is 11.9 Å².